The molecule has 1 aromatic rings. The van der Waals surface area contributed by atoms with Crippen LogP contribution in [-0.2, 0) is 22.9 Å². The highest BCUT2D eigenvalue weighted by atomic mass is 16.5. The minimum Gasteiger partial charge on any atom is -0.381 e. The van der Waals surface area contributed by atoms with Crippen LogP contribution in [0.25, 0.3) is 0 Å². The number of hydrogen-bond acceptors (Lipinski definition) is 5. The summed E-state index contributed by atoms with van der Waals surface area (Å²) in [4.78, 5) is 4.37. The summed E-state index contributed by atoms with van der Waals surface area (Å²) in [6.07, 6.45) is 5.41. The van der Waals surface area contributed by atoms with Crippen molar-refractivity contribution in [3.05, 3.63) is 12.2 Å². The van der Waals surface area contributed by atoms with Gasteiger partial charge in [0.2, 0.25) is 0 Å². The van der Waals surface area contributed by atoms with E-state index in [1.165, 1.54) is 0 Å². The lowest BCUT2D eigenvalue weighted by molar-refractivity contribution is -0.126. The van der Waals surface area contributed by atoms with Crippen LogP contribution < -0.4 is 5.32 Å². The molecular weight excluding hydrogens is 268 g/mol. The van der Waals surface area contributed by atoms with Crippen LogP contribution in [0.5, 0.6) is 0 Å². The molecule has 0 aromatic carbocycles. The summed E-state index contributed by atoms with van der Waals surface area (Å²) < 4.78 is 13.6. The molecule has 0 bridgehead atoms. The maximum absolute atomic E-state index is 6.22. The molecule has 1 saturated heterocycles. The number of aromatic nitrogens is 3. The maximum atomic E-state index is 6.22. The van der Waals surface area contributed by atoms with E-state index < -0.39 is 0 Å². The van der Waals surface area contributed by atoms with Crippen molar-refractivity contribution in [2.45, 2.75) is 51.2 Å². The van der Waals surface area contributed by atoms with Crippen LogP contribution in [0, 0.1) is 0 Å². The van der Waals surface area contributed by atoms with Crippen molar-refractivity contribution < 1.29 is 9.47 Å². The normalized spacial score (nSPS) is 19.6. The molecule has 1 aliphatic rings. The molecule has 1 atom stereocenters. The molecule has 6 nitrogen and oxygen atoms in total. The van der Waals surface area contributed by atoms with E-state index in [1.54, 1.807) is 6.33 Å². The van der Waals surface area contributed by atoms with Crippen LogP contribution in [0.15, 0.2) is 6.33 Å². The van der Waals surface area contributed by atoms with Crippen molar-refractivity contribution >= 4 is 0 Å². The zero-order valence-corrected chi connectivity index (χ0v) is 13.5. The van der Waals surface area contributed by atoms with Gasteiger partial charge in [-0.3, -0.25) is 4.68 Å². The SMILES string of the molecule is CCCNC(Cc1ncnn1C)C1(OCC)CCOCC1. The Morgan fingerprint density at radius 2 is 2.19 bits per heavy atom. The van der Waals surface area contributed by atoms with Crippen molar-refractivity contribution in [1.29, 1.82) is 0 Å². The van der Waals surface area contributed by atoms with Gasteiger partial charge in [0.1, 0.15) is 12.2 Å². The Bertz CT molecular complexity index is 410. The smallest absolute Gasteiger partial charge is 0.138 e. The molecule has 0 spiro atoms. The van der Waals surface area contributed by atoms with Crippen LogP contribution in [0.4, 0.5) is 0 Å². The van der Waals surface area contributed by atoms with E-state index in [-0.39, 0.29) is 11.6 Å². The zero-order chi connectivity index (χ0) is 15.1. The fourth-order valence-electron chi connectivity index (χ4n) is 3.05. The van der Waals surface area contributed by atoms with Gasteiger partial charge in [0.25, 0.3) is 0 Å². The molecule has 2 heterocycles. The van der Waals surface area contributed by atoms with Crippen molar-refractivity contribution in [3.8, 4) is 0 Å². The molecule has 0 aliphatic carbocycles. The number of hydrogen-bond donors (Lipinski definition) is 1. The minimum absolute atomic E-state index is 0.159. The summed E-state index contributed by atoms with van der Waals surface area (Å²) in [5, 5.41) is 7.84. The second kappa shape index (κ2) is 7.87. The summed E-state index contributed by atoms with van der Waals surface area (Å²) in [7, 11) is 1.94. The first-order valence-corrected chi connectivity index (χ1v) is 8.00. The highest BCUT2D eigenvalue weighted by molar-refractivity contribution is 5.01. The van der Waals surface area contributed by atoms with Crippen molar-refractivity contribution in [1.82, 2.24) is 20.1 Å². The van der Waals surface area contributed by atoms with E-state index in [0.717, 1.165) is 57.9 Å². The van der Waals surface area contributed by atoms with Crippen LogP contribution >= 0.6 is 0 Å². The van der Waals surface area contributed by atoms with Gasteiger partial charge in [-0.05, 0) is 19.9 Å². The molecule has 0 radical (unpaired) electrons. The number of aryl methyl sites for hydroxylation is 1. The second-order valence-electron chi connectivity index (χ2n) is 5.62. The van der Waals surface area contributed by atoms with Gasteiger partial charge in [-0.15, -0.1) is 0 Å². The highest BCUT2D eigenvalue weighted by Gasteiger charge is 2.41. The van der Waals surface area contributed by atoms with E-state index in [2.05, 4.69) is 29.2 Å². The predicted octanol–water partition coefficient (Wildman–Crippen LogP) is 1.31. The van der Waals surface area contributed by atoms with Crippen molar-refractivity contribution in [2.24, 2.45) is 7.05 Å². The van der Waals surface area contributed by atoms with Gasteiger partial charge >= 0.3 is 0 Å². The third kappa shape index (κ3) is 4.02. The lowest BCUT2D eigenvalue weighted by atomic mass is 9.83. The number of rotatable bonds is 8. The summed E-state index contributed by atoms with van der Waals surface area (Å²) in [5.41, 5.74) is -0.159. The maximum Gasteiger partial charge on any atom is 0.138 e. The van der Waals surface area contributed by atoms with E-state index >= 15 is 0 Å². The quantitative estimate of drug-likeness (QED) is 0.784. The lowest BCUT2D eigenvalue weighted by Gasteiger charge is -2.43. The molecule has 0 saturated carbocycles. The van der Waals surface area contributed by atoms with Crippen molar-refractivity contribution in [2.75, 3.05) is 26.4 Å². The Hall–Kier alpha value is -0.980. The summed E-state index contributed by atoms with van der Waals surface area (Å²) in [5.74, 6) is 0.995. The van der Waals surface area contributed by atoms with Gasteiger partial charge in [0, 0.05) is 52.2 Å². The van der Waals surface area contributed by atoms with Crippen LogP contribution in [-0.4, -0.2) is 52.8 Å². The molecule has 1 aromatic heterocycles. The number of nitrogens with zero attached hydrogens (tertiary/aromatic N) is 3. The number of nitrogens with one attached hydrogen (secondary N) is 1. The van der Waals surface area contributed by atoms with Crippen molar-refractivity contribution in [3.63, 3.8) is 0 Å². The van der Waals surface area contributed by atoms with Crippen LogP contribution in [0.1, 0.15) is 38.9 Å². The van der Waals surface area contributed by atoms with E-state index in [4.69, 9.17) is 9.47 Å². The first-order chi connectivity index (χ1) is 10.2. The monoisotopic (exact) mass is 296 g/mol. The molecule has 1 aliphatic heterocycles. The van der Waals surface area contributed by atoms with Gasteiger partial charge in [0.15, 0.2) is 0 Å². The molecule has 1 fully saturated rings. The molecule has 6 heteroatoms. The van der Waals surface area contributed by atoms with Gasteiger partial charge in [-0.1, -0.05) is 6.92 Å². The number of ether oxygens (including phenoxy) is 2. The fraction of sp³-hybridized carbons (Fsp3) is 0.867. The van der Waals surface area contributed by atoms with E-state index in [0.29, 0.717) is 0 Å². The van der Waals surface area contributed by atoms with E-state index in [1.807, 2.05) is 11.7 Å². The Morgan fingerprint density at radius 3 is 2.76 bits per heavy atom. The average Bonchev–Trinajstić information content (AvgIpc) is 2.90. The topological polar surface area (TPSA) is 61.2 Å². The van der Waals surface area contributed by atoms with Gasteiger partial charge in [-0.2, -0.15) is 5.10 Å². The zero-order valence-electron chi connectivity index (χ0n) is 13.5. The Labute approximate surface area is 127 Å². The van der Waals surface area contributed by atoms with Gasteiger partial charge in [0.05, 0.1) is 5.60 Å². The molecular formula is C15H28N4O2. The highest BCUT2D eigenvalue weighted by Crippen LogP contribution is 2.30. The summed E-state index contributed by atoms with van der Waals surface area (Å²) in [6.45, 7) is 7.49. The molecule has 120 valence electrons. The minimum atomic E-state index is -0.159. The second-order valence-corrected chi connectivity index (χ2v) is 5.62. The van der Waals surface area contributed by atoms with Gasteiger partial charge < -0.3 is 14.8 Å². The molecule has 0 amide bonds. The Morgan fingerprint density at radius 1 is 1.43 bits per heavy atom. The summed E-state index contributed by atoms with van der Waals surface area (Å²) >= 11 is 0. The summed E-state index contributed by atoms with van der Waals surface area (Å²) in [6, 6.07) is 0.240. The molecule has 2 rings (SSSR count). The Kier molecular flexibility index (Phi) is 6.14. The van der Waals surface area contributed by atoms with E-state index in [9.17, 15) is 0 Å². The average molecular weight is 296 g/mol. The third-order valence-electron chi connectivity index (χ3n) is 4.24. The van der Waals surface area contributed by atoms with Crippen LogP contribution in [0.2, 0.25) is 0 Å². The molecule has 1 unspecified atom stereocenters. The first kappa shape index (κ1) is 16.4. The largest absolute Gasteiger partial charge is 0.381 e. The molecule has 1 N–H and O–H groups in total. The lowest BCUT2D eigenvalue weighted by Crippen LogP contribution is -2.57. The first-order valence-electron chi connectivity index (χ1n) is 8.00. The fourth-order valence-corrected chi connectivity index (χ4v) is 3.05. The van der Waals surface area contributed by atoms with Crippen LogP contribution in [0.3, 0.4) is 0 Å². The third-order valence-corrected chi connectivity index (χ3v) is 4.24. The van der Waals surface area contributed by atoms with Gasteiger partial charge in [-0.25, -0.2) is 4.98 Å². The standard InChI is InChI=1S/C15H28N4O2/c1-4-8-16-13(11-14-17-12-18-19(14)3)15(21-5-2)6-9-20-10-7-15/h12-13,16H,4-11H2,1-3H3. The Balaban J connectivity index is 2.17. The predicted molar refractivity (Wildman–Crippen MR) is 81.2 cm³/mol. The molecule has 21 heavy (non-hydrogen) atoms.